The minimum Gasteiger partial charge on any atom is -0.496 e. The molecule has 4 rings (SSSR count). The number of imide groups is 1. The maximum absolute atomic E-state index is 13.3. The zero-order valence-electron chi connectivity index (χ0n) is 17.5. The number of benzene rings is 3. The Morgan fingerprint density at radius 1 is 0.935 bits per heavy atom. The van der Waals surface area contributed by atoms with Crippen LogP contribution in [-0.4, -0.2) is 37.2 Å². The molecule has 1 heterocycles. The average molecular weight is 416 g/mol. The molecule has 0 aromatic heterocycles. The summed E-state index contributed by atoms with van der Waals surface area (Å²) in [6.07, 6.45) is 0. The fraction of sp³-hybridized carbons (Fsp3) is 0.200. The lowest BCUT2D eigenvalue weighted by Gasteiger charge is -2.19. The third kappa shape index (κ3) is 3.71. The molecule has 1 aliphatic rings. The Bertz CT molecular complexity index is 1140. The van der Waals surface area contributed by atoms with Gasteiger partial charge in [-0.15, -0.1) is 0 Å². The van der Waals surface area contributed by atoms with Crippen LogP contribution in [-0.2, 0) is 6.54 Å². The van der Waals surface area contributed by atoms with Gasteiger partial charge in [0, 0.05) is 18.7 Å². The molecule has 0 saturated carbocycles. The largest absolute Gasteiger partial charge is 0.496 e. The van der Waals surface area contributed by atoms with Crippen LogP contribution in [0.5, 0.6) is 5.75 Å². The minimum absolute atomic E-state index is 0.00941. The molecule has 0 radical (unpaired) electrons. The third-order valence-electron chi connectivity index (χ3n) is 5.52. The Morgan fingerprint density at radius 3 is 2.32 bits per heavy atom. The number of nitrogens with one attached hydrogen (secondary N) is 1. The zero-order chi connectivity index (χ0) is 22.0. The van der Waals surface area contributed by atoms with Crippen molar-refractivity contribution in [2.75, 3.05) is 25.2 Å². The third-order valence-corrected chi connectivity index (χ3v) is 5.52. The first-order valence-electron chi connectivity index (χ1n) is 10.1. The molecule has 6 heteroatoms. The van der Waals surface area contributed by atoms with Crippen LogP contribution < -0.4 is 15.0 Å². The van der Waals surface area contributed by atoms with Crippen molar-refractivity contribution in [2.24, 2.45) is 0 Å². The molecule has 1 aliphatic heterocycles. The van der Waals surface area contributed by atoms with Gasteiger partial charge in [-0.25, -0.2) is 4.90 Å². The topological polar surface area (TPSA) is 78.9 Å². The van der Waals surface area contributed by atoms with E-state index in [0.29, 0.717) is 35.7 Å². The van der Waals surface area contributed by atoms with Crippen LogP contribution >= 0.6 is 0 Å². The Kier molecular flexibility index (Phi) is 5.84. The number of hydrogen-bond acceptors (Lipinski definition) is 5. The van der Waals surface area contributed by atoms with Crippen molar-refractivity contribution in [3.05, 3.63) is 82.9 Å². The second kappa shape index (κ2) is 8.71. The van der Waals surface area contributed by atoms with E-state index in [1.807, 2.05) is 49.4 Å². The molecule has 158 valence electrons. The normalized spacial score (nSPS) is 12.9. The number of rotatable bonds is 7. The smallest absolute Gasteiger partial charge is 0.266 e. The molecule has 6 nitrogen and oxygen atoms in total. The van der Waals surface area contributed by atoms with Gasteiger partial charge >= 0.3 is 0 Å². The number of carbonyl (C=O) groups is 2. The van der Waals surface area contributed by atoms with Crippen molar-refractivity contribution >= 4 is 17.5 Å². The van der Waals surface area contributed by atoms with Crippen LogP contribution in [0.2, 0.25) is 0 Å². The van der Waals surface area contributed by atoms with Crippen LogP contribution in [0.25, 0.3) is 11.1 Å². The van der Waals surface area contributed by atoms with Crippen molar-refractivity contribution in [3.8, 4) is 16.9 Å². The molecule has 2 amide bonds. The number of methoxy groups -OCH3 is 1. The number of fused-ring (bicyclic) bond motifs is 1. The van der Waals surface area contributed by atoms with Gasteiger partial charge in [0.15, 0.2) is 0 Å². The molecule has 2 N–H and O–H groups in total. The van der Waals surface area contributed by atoms with Crippen molar-refractivity contribution < 1.29 is 19.4 Å². The Balaban J connectivity index is 1.74. The predicted molar refractivity (Wildman–Crippen MR) is 120 cm³/mol. The second-order valence-corrected chi connectivity index (χ2v) is 7.37. The fourth-order valence-corrected chi connectivity index (χ4v) is 3.96. The summed E-state index contributed by atoms with van der Waals surface area (Å²) in [6, 6.07) is 18.9. The van der Waals surface area contributed by atoms with E-state index in [-0.39, 0.29) is 18.4 Å². The van der Waals surface area contributed by atoms with E-state index >= 15 is 0 Å². The van der Waals surface area contributed by atoms with Crippen LogP contribution in [0.4, 0.5) is 5.69 Å². The summed E-state index contributed by atoms with van der Waals surface area (Å²) < 4.78 is 5.44. The van der Waals surface area contributed by atoms with Gasteiger partial charge in [-0.1, -0.05) is 42.5 Å². The highest BCUT2D eigenvalue weighted by Gasteiger charge is 2.38. The molecule has 3 aromatic carbocycles. The number of hydrogen-bond donors (Lipinski definition) is 2. The molecule has 0 fully saturated rings. The minimum atomic E-state index is -0.360. The molecule has 0 atom stereocenters. The highest BCUT2D eigenvalue weighted by Crippen LogP contribution is 2.37. The van der Waals surface area contributed by atoms with E-state index in [1.54, 1.807) is 18.2 Å². The van der Waals surface area contributed by atoms with E-state index in [1.165, 1.54) is 12.0 Å². The molecule has 0 saturated heterocycles. The Morgan fingerprint density at radius 2 is 1.65 bits per heavy atom. The number of carbonyl (C=O) groups excluding carboxylic acids is 2. The lowest BCUT2D eigenvalue weighted by Crippen LogP contribution is -2.30. The first-order chi connectivity index (χ1) is 15.1. The number of aliphatic hydroxyl groups excluding tert-OH is 1. The van der Waals surface area contributed by atoms with Gasteiger partial charge in [0.25, 0.3) is 11.8 Å². The SMILES string of the molecule is COc1cc2c(cc1CNCCO)C(=O)N(c1cccc(-c3ccccc3)c1C)C2=O. The first kappa shape index (κ1) is 20.8. The van der Waals surface area contributed by atoms with E-state index in [0.717, 1.165) is 22.3 Å². The Hall–Kier alpha value is -3.48. The zero-order valence-corrected chi connectivity index (χ0v) is 17.5. The molecule has 0 spiro atoms. The lowest BCUT2D eigenvalue weighted by atomic mass is 9.99. The summed E-state index contributed by atoms with van der Waals surface area (Å²) in [5, 5.41) is 12.1. The van der Waals surface area contributed by atoms with Gasteiger partial charge in [0.05, 0.1) is 30.5 Å². The fourth-order valence-electron chi connectivity index (χ4n) is 3.96. The quantitative estimate of drug-likeness (QED) is 0.455. The monoisotopic (exact) mass is 416 g/mol. The summed E-state index contributed by atoms with van der Waals surface area (Å²) in [7, 11) is 1.53. The van der Waals surface area contributed by atoms with Gasteiger partial charge in [-0.05, 0) is 41.8 Å². The van der Waals surface area contributed by atoms with Crippen molar-refractivity contribution in [1.29, 1.82) is 0 Å². The van der Waals surface area contributed by atoms with Gasteiger partial charge in [0.2, 0.25) is 0 Å². The summed E-state index contributed by atoms with van der Waals surface area (Å²) in [5.41, 5.74) is 4.88. The standard InChI is InChI=1S/C25H24N2O4/c1-16-19(17-7-4-3-5-8-17)9-6-10-22(16)27-24(29)20-13-18(15-26-11-12-28)23(31-2)14-21(20)25(27)30/h3-10,13-14,26,28H,11-12,15H2,1-2H3. The van der Waals surface area contributed by atoms with Gasteiger partial charge < -0.3 is 15.2 Å². The maximum atomic E-state index is 13.3. The summed E-state index contributed by atoms with van der Waals surface area (Å²) in [5.74, 6) is -0.178. The van der Waals surface area contributed by atoms with Crippen LogP contribution in [0, 0.1) is 6.92 Å². The summed E-state index contributed by atoms with van der Waals surface area (Å²) in [4.78, 5) is 27.8. The van der Waals surface area contributed by atoms with Crippen molar-refractivity contribution in [3.63, 3.8) is 0 Å². The number of anilines is 1. The molecule has 31 heavy (non-hydrogen) atoms. The summed E-state index contributed by atoms with van der Waals surface area (Å²) >= 11 is 0. The summed E-state index contributed by atoms with van der Waals surface area (Å²) in [6.45, 7) is 2.77. The molecular weight excluding hydrogens is 392 g/mol. The molecule has 0 unspecified atom stereocenters. The maximum Gasteiger partial charge on any atom is 0.266 e. The molecule has 0 bridgehead atoms. The average Bonchev–Trinajstić information content (AvgIpc) is 3.03. The van der Waals surface area contributed by atoms with Crippen LogP contribution in [0.3, 0.4) is 0 Å². The second-order valence-electron chi connectivity index (χ2n) is 7.37. The van der Waals surface area contributed by atoms with Gasteiger partial charge in [-0.2, -0.15) is 0 Å². The number of nitrogens with zero attached hydrogens (tertiary/aromatic N) is 1. The molecule has 0 aliphatic carbocycles. The van der Waals surface area contributed by atoms with Crippen molar-refractivity contribution in [1.82, 2.24) is 5.32 Å². The van der Waals surface area contributed by atoms with E-state index < -0.39 is 0 Å². The van der Waals surface area contributed by atoms with E-state index in [2.05, 4.69) is 5.32 Å². The van der Waals surface area contributed by atoms with Crippen LogP contribution in [0.15, 0.2) is 60.7 Å². The van der Waals surface area contributed by atoms with Gasteiger partial charge in [-0.3, -0.25) is 9.59 Å². The Labute approximate surface area is 181 Å². The van der Waals surface area contributed by atoms with E-state index in [9.17, 15) is 9.59 Å². The lowest BCUT2D eigenvalue weighted by molar-refractivity contribution is 0.0926. The highest BCUT2D eigenvalue weighted by atomic mass is 16.5. The number of amides is 2. The highest BCUT2D eigenvalue weighted by molar-refractivity contribution is 6.35. The molecule has 3 aromatic rings. The molecular formula is C25H24N2O4. The van der Waals surface area contributed by atoms with Gasteiger partial charge in [0.1, 0.15) is 5.75 Å². The number of ether oxygens (including phenoxy) is 1. The van der Waals surface area contributed by atoms with Crippen molar-refractivity contribution in [2.45, 2.75) is 13.5 Å². The van der Waals surface area contributed by atoms with Crippen LogP contribution in [0.1, 0.15) is 31.8 Å². The number of aliphatic hydroxyl groups is 1. The van der Waals surface area contributed by atoms with E-state index in [4.69, 9.17) is 9.84 Å². The first-order valence-corrected chi connectivity index (χ1v) is 10.1. The predicted octanol–water partition coefficient (Wildman–Crippen LogP) is 3.55.